The van der Waals surface area contributed by atoms with E-state index in [1.807, 2.05) is 24.3 Å². The largest absolute Gasteiger partial charge is 4.00 e. The van der Waals surface area contributed by atoms with Gasteiger partial charge >= 0.3 is 21.7 Å². The normalized spacial score (nSPS) is 9.83. The van der Waals surface area contributed by atoms with Crippen molar-refractivity contribution in [2.24, 2.45) is 0 Å². The summed E-state index contributed by atoms with van der Waals surface area (Å²) in [4.78, 5) is 0. The molecule has 0 aliphatic carbocycles. The molecule has 0 saturated heterocycles. The van der Waals surface area contributed by atoms with Crippen LogP contribution in [0.5, 0.6) is 0 Å². The fourth-order valence-corrected chi connectivity index (χ4v) is 0.940. The summed E-state index contributed by atoms with van der Waals surface area (Å²) in [5, 5.41) is 0. The Hall–Kier alpha value is -0.326. The van der Waals surface area contributed by atoms with E-state index in [2.05, 4.69) is 38.1 Å². The molecule has 0 fully saturated rings. The number of hydrogen-bond acceptors (Lipinski definition) is 8. The molecule has 0 atom stereocenters. The van der Waals surface area contributed by atoms with Crippen molar-refractivity contribution in [3.05, 3.63) is 59.7 Å². The Bertz CT molecular complexity index is 392. The molecule has 0 aromatic heterocycles. The van der Waals surface area contributed by atoms with Crippen molar-refractivity contribution in [2.75, 3.05) is 0 Å². The summed E-state index contributed by atoms with van der Waals surface area (Å²) in [5.74, 6) is 0. The molecular weight excluding hydrogens is 391 g/mol. The van der Waals surface area contributed by atoms with Crippen LogP contribution in [0.3, 0.4) is 0 Å². The third-order valence-electron chi connectivity index (χ3n) is 1.66. The van der Waals surface area contributed by atoms with E-state index in [-0.39, 0.29) is 21.7 Å². The molecule has 0 radical (unpaired) electrons. The average Bonchev–Trinajstić information content (AvgIpc) is 2.87. The molecule has 128 valence electrons. The van der Waals surface area contributed by atoms with E-state index < -0.39 is 20.5 Å². The quantitative estimate of drug-likeness (QED) is 0.306. The van der Waals surface area contributed by atoms with Crippen LogP contribution in [0.25, 0.3) is 0 Å². The molecule has 0 amide bonds. The zero-order valence-corrected chi connectivity index (χ0v) is 15.2. The van der Waals surface area contributed by atoms with Crippen LogP contribution in [0, 0.1) is 34.3 Å². The van der Waals surface area contributed by atoms with Gasteiger partial charge in [-0.15, -0.1) is 20.5 Å². The molecule has 8 nitrogen and oxygen atoms in total. The van der Waals surface area contributed by atoms with Crippen LogP contribution in [0.1, 0.15) is 11.1 Å². The molecule has 0 unspecified atom stereocenters. The Kier molecular flexibility index (Phi) is 16.8. The average molecular weight is 405 g/mol. The number of aryl methyl sites for hydroxylation is 2. The van der Waals surface area contributed by atoms with Crippen LogP contribution < -0.4 is 37.3 Å². The molecular formula is C12H14Cl2O8Ti. The predicted molar refractivity (Wildman–Crippen MR) is 53.5 cm³/mol. The van der Waals surface area contributed by atoms with Crippen LogP contribution in [-0.4, -0.2) is 0 Å². The Balaban J connectivity index is -0.000000230. The van der Waals surface area contributed by atoms with Crippen molar-refractivity contribution in [1.82, 2.24) is 0 Å². The summed E-state index contributed by atoms with van der Waals surface area (Å²) in [7, 11) is -9.89. The minimum atomic E-state index is -4.94. The molecule has 0 aliphatic rings. The molecule has 2 rings (SSSR count). The maximum absolute atomic E-state index is 8.49. The van der Waals surface area contributed by atoms with Gasteiger partial charge in [-0.25, -0.2) is 61.5 Å². The molecule has 2 aromatic rings. The number of hydrogen-bond donors (Lipinski definition) is 0. The van der Waals surface area contributed by atoms with Gasteiger partial charge in [0.25, 0.3) is 0 Å². The maximum atomic E-state index is 8.49. The van der Waals surface area contributed by atoms with Crippen LogP contribution in [-0.2, 0) is 21.7 Å². The molecule has 0 heterocycles. The topological polar surface area (TPSA) is 184 Å². The fourth-order valence-electron chi connectivity index (χ4n) is 0.940. The standard InChI is InChI=1S/2C6H7.2ClHO4.Ti/c2*1-6-4-2-3-5-6;2*2-1(3,4)5;/h2*2-5H,1H3;2*(H,2,3,4,5);/q2*-1;;;+4/p-2. The summed E-state index contributed by atoms with van der Waals surface area (Å²) < 4.78 is 67.9. The Morgan fingerprint density at radius 1 is 0.522 bits per heavy atom. The third-order valence-corrected chi connectivity index (χ3v) is 1.66. The van der Waals surface area contributed by atoms with Crippen molar-refractivity contribution in [1.29, 1.82) is 0 Å². The number of halogens is 2. The van der Waals surface area contributed by atoms with Crippen LogP contribution >= 0.6 is 0 Å². The Morgan fingerprint density at radius 3 is 0.696 bits per heavy atom. The predicted octanol–water partition coefficient (Wildman–Crippen LogP) is -6.09. The molecule has 0 aliphatic heterocycles. The fraction of sp³-hybridized carbons (Fsp3) is 0.167. The maximum Gasteiger partial charge on any atom is 4.00 e. The van der Waals surface area contributed by atoms with E-state index >= 15 is 0 Å². The summed E-state index contributed by atoms with van der Waals surface area (Å²) in [6.07, 6.45) is 0. The van der Waals surface area contributed by atoms with Gasteiger partial charge in [0, 0.05) is 0 Å². The van der Waals surface area contributed by atoms with Crippen LogP contribution in [0.4, 0.5) is 0 Å². The first-order valence-electron chi connectivity index (χ1n) is 5.39. The second-order valence-electron chi connectivity index (χ2n) is 3.68. The van der Waals surface area contributed by atoms with Gasteiger partial charge in [-0.3, -0.25) is 0 Å². The Morgan fingerprint density at radius 2 is 0.652 bits per heavy atom. The van der Waals surface area contributed by atoms with E-state index in [1.165, 1.54) is 11.1 Å². The summed E-state index contributed by atoms with van der Waals surface area (Å²) in [6.45, 7) is 4.17. The van der Waals surface area contributed by atoms with Crippen molar-refractivity contribution >= 4 is 0 Å². The van der Waals surface area contributed by atoms with Crippen molar-refractivity contribution in [3.8, 4) is 0 Å². The second-order valence-corrected chi connectivity index (χ2v) is 5.19. The van der Waals surface area contributed by atoms with Gasteiger partial charge < -0.3 is 0 Å². The summed E-state index contributed by atoms with van der Waals surface area (Å²) >= 11 is 0. The summed E-state index contributed by atoms with van der Waals surface area (Å²) in [5.41, 5.74) is 2.69. The van der Waals surface area contributed by atoms with Gasteiger partial charge in [-0.1, -0.05) is 13.8 Å². The van der Waals surface area contributed by atoms with Gasteiger partial charge in [-0.2, -0.15) is 35.4 Å². The molecule has 11 heteroatoms. The van der Waals surface area contributed by atoms with Gasteiger partial charge in [0.2, 0.25) is 0 Å². The monoisotopic (exact) mass is 404 g/mol. The van der Waals surface area contributed by atoms with E-state index in [1.54, 1.807) is 0 Å². The van der Waals surface area contributed by atoms with E-state index in [4.69, 9.17) is 37.3 Å². The minimum Gasteiger partial charge on any atom is -0.222 e. The molecule has 0 saturated carbocycles. The first-order chi connectivity index (χ1) is 9.79. The molecule has 2 aromatic carbocycles. The third kappa shape index (κ3) is 44.9. The summed E-state index contributed by atoms with van der Waals surface area (Å²) in [6, 6.07) is 16.5. The van der Waals surface area contributed by atoms with Gasteiger partial charge in [0.1, 0.15) is 0 Å². The number of rotatable bonds is 0. The zero-order chi connectivity index (χ0) is 17.8. The van der Waals surface area contributed by atoms with Crippen LogP contribution in [0.2, 0.25) is 0 Å². The van der Waals surface area contributed by atoms with E-state index in [0.717, 1.165) is 0 Å². The first kappa shape index (κ1) is 27.5. The second kappa shape index (κ2) is 14.1. The Labute approximate surface area is 152 Å². The molecule has 0 spiro atoms. The van der Waals surface area contributed by atoms with Gasteiger partial charge in [-0.05, 0) is 0 Å². The first-order valence-corrected chi connectivity index (χ1v) is 7.86. The van der Waals surface area contributed by atoms with E-state index in [9.17, 15) is 0 Å². The van der Waals surface area contributed by atoms with Crippen molar-refractivity contribution in [3.63, 3.8) is 0 Å². The molecule has 23 heavy (non-hydrogen) atoms. The zero-order valence-electron chi connectivity index (χ0n) is 12.1. The van der Waals surface area contributed by atoms with Crippen molar-refractivity contribution < 1.29 is 79.5 Å². The molecule has 0 bridgehead atoms. The SMILES string of the molecule is C[c-]1cccc1.C[c-]1cccc1.[O-][Cl+3]([O-])([O-])[O-].[O-][Cl+3]([O-])([O-])[O-].[Ti+4]. The van der Waals surface area contributed by atoms with Crippen LogP contribution in [0.15, 0.2) is 48.5 Å². The molecule has 0 N–H and O–H groups in total. The van der Waals surface area contributed by atoms with Gasteiger partial charge in [0.15, 0.2) is 0 Å². The van der Waals surface area contributed by atoms with Crippen molar-refractivity contribution in [2.45, 2.75) is 13.8 Å². The smallest absolute Gasteiger partial charge is 0.222 e. The minimum absolute atomic E-state index is 0. The van der Waals surface area contributed by atoms with E-state index in [0.29, 0.717) is 0 Å². The van der Waals surface area contributed by atoms with Gasteiger partial charge in [0.05, 0.1) is 0 Å².